The smallest absolute Gasteiger partial charge is 0.422 e. The summed E-state index contributed by atoms with van der Waals surface area (Å²) in [7, 11) is -3.90. The molecule has 0 spiro atoms. The molecule has 1 aliphatic carbocycles. The summed E-state index contributed by atoms with van der Waals surface area (Å²) in [5.74, 6) is 0. The van der Waals surface area contributed by atoms with Crippen molar-refractivity contribution in [2.75, 3.05) is 13.2 Å². The average molecular weight is 294 g/mol. The second-order valence-corrected chi connectivity index (χ2v) is 6.46. The van der Waals surface area contributed by atoms with Gasteiger partial charge < -0.3 is 9.84 Å². The number of aliphatic hydroxyl groups excluding tert-OH is 1. The Balaban J connectivity index is 2.66. The summed E-state index contributed by atoms with van der Waals surface area (Å²) in [5.41, 5.74) is 0. The fourth-order valence-corrected chi connectivity index (χ4v) is 3.15. The molecule has 0 bridgehead atoms. The summed E-state index contributed by atoms with van der Waals surface area (Å²) in [5, 5.41) is 8.82. The monoisotopic (exact) mass is 294 g/mol. The minimum absolute atomic E-state index is 0.0871. The Labute approximate surface area is 114 Å². The fraction of sp³-hybridized carbons (Fsp3) is 0.909. The fourth-order valence-electron chi connectivity index (χ4n) is 1.80. The van der Waals surface area contributed by atoms with Crippen LogP contribution in [0.4, 0.5) is 4.79 Å². The molecule has 0 unspecified atom stereocenters. The highest BCUT2D eigenvalue weighted by Gasteiger charge is 2.34. The molecule has 0 aromatic rings. The number of amides is 1. The summed E-state index contributed by atoms with van der Waals surface area (Å²) in [6.07, 6.45) is 1.54. The quantitative estimate of drug-likeness (QED) is 0.717. The molecular formula is C11H22N2O5S. The zero-order valence-corrected chi connectivity index (χ0v) is 12.1. The lowest BCUT2D eigenvalue weighted by molar-refractivity contribution is 0.120. The van der Waals surface area contributed by atoms with Crippen molar-refractivity contribution in [3.63, 3.8) is 0 Å². The van der Waals surface area contributed by atoms with Crippen molar-refractivity contribution in [3.8, 4) is 0 Å². The van der Waals surface area contributed by atoms with Gasteiger partial charge in [0.2, 0.25) is 0 Å². The van der Waals surface area contributed by atoms with Crippen LogP contribution >= 0.6 is 0 Å². The highest BCUT2D eigenvalue weighted by atomic mass is 32.2. The number of ether oxygens (including phenoxy) is 1. The number of nitrogens with zero attached hydrogens (tertiary/aromatic N) is 1. The highest BCUT2D eigenvalue weighted by molar-refractivity contribution is 7.87. The number of nitrogens with one attached hydrogen (secondary N) is 1. The third kappa shape index (κ3) is 4.96. The summed E-state index contributed by atoms with van der Waals surface area (Å²) >= 11 is 0. The molecule has 0 saturated heterocycles. The maximum atomic E-state index is 12.1. The van der Waals surface area contributed by atoms with Gasteiger partial charge in [0, 0.05) is 19.2 Å². The number of aliphatic hydroxyl groups is 1. The first-order valence-electron chi connectivity index (χ1n) is 6.48. The van der Waals surface area contributed by atoms with E-state index in [1.807, 2.05) is 4.72 Å². The van der Waals surface area contributed by atoms with Crippen LogP contribution in [-0.2, 0) is 14.9 Å². The summed E-state index contributed by atoms with van der Waals surface area (Å²) < 4.78 is 32.1. The van der Waals surface area contributed by atoms with Gasteiger partial charge in [-0.05, 0) is 33.1 Å². The van der Waals surface area contributed by atoms with E-state index < -0.39 is 16.3 Å². The zero-order valence-electron chi connectivity index (χ0n) is 11.3. The first kappa shape index (κ1) is 16.2. The van der Waals surface area contributed by atoms with E-state index in [0.717, 1.165) is 19.3 Å². The number of carbonyl (C=O) groups is 1. The number of hydrogen-bond acceptors (Lipinski definition) is 5. The molecule has 0 aliphatic heterocycles. The molecule has 0 aromatic carbocycles. The Morgan fingerprint density at radius 1 is 1.47 bits per heavy atom. The van der Waals surface area contributed by atoms with Gasteiger partial charge in [0.1, 0.15) is 0 Å². The molecule has 1 saturated carbocycles. The zero-order chi connectivity index (χ0) is 14.5. The molecular weight excluding hydrogens is 272 g/mol. The van der Waals surface area contributed by atoms with Gasteiger partial charge in [0.25, 0.3) is 0 Å². The lowest BCUT2D eigenvalue weighted by atomic mass is 9.93. The molecule has 2 N–H and O–H groups in total. The van der Waals surface area contributed by atoms with E-state index in [1.54, 1.807) is 13.8 Å². The second-order valence-electron chi connectivity index (χ2n) is 4.83. The molecule has 1 fully saturated rings. The standard InChI is InChI=1S/C11H22N2O5S/c1-9(2)18-11(15)12-19(16,17)13(7-4-8-14)10-5-3-6-10/h9-10,14H,3-8H2,1-2H3,(H,12,15). The van der Waals surface area contributed by atoms with Crippen LogP contribution in [0.2, 0.25) is 0 Å². The van der Waals surface area contributed by atoms with Crippen LogP contribution in [0.3, 0.4) is 0 Å². The normalized spacial score (nSPS) is 16.5. The van der Waals surface area contributed by atoms with E-state index in [1.165, 1.54) is 4.31 Å². The van der Waals surface area contributed by atoms with Crippen LogP contribution in [0.15, 0.2) is 0 Å². The predicted molar refractivity (Wildman–Crippen MR) is 69.7 cm³/mol. The molecule has 0 radical (unpaired) electrons. The van der Waals surface area contributed by atoms with Gasteiger partial charge in [-0.1, -0.05) is 6.42 Å². The van der Waals surface area contributed by atoms with Gasteiger partial charge in [-0.25, -0.2) is 9.52 Å². The van der Waals surface area contributed by atoms with Crippen molar-refractivity contribution in [1.82, 2.24) is 9.03 Å². The van der Waals surface area contributed by atoms with E-state index in [4.69, 9.17) is 9.84 Å². The molecule has 19 heavy (non-hydrogen) atoms. The predicted octanol–water partition coefficient (Wildman–Crippen LogP) is 0.603. The van der Waals surface area contributed by atoms with Crippen molar-refractivity contribution in [3.05, 3.63) is 0 Å². The van der Waals surface area contributed by atoms with Crippen LogP contribution in [0.1, 0.15) is 39.5 Å². The molecule has 112 valence electrons. The minimum atomic E-state index is -3.90. The molecule has 7 nitrogen and oxygen atoms in total. The minimum Gasteiger partial charge on any atom is -0.446 e. The lowest BCUT2D eigenvalue weighted by Gasteiger charge is -2.36. The molecule has 0 aromatic heterocycles. The SMILES string of the molecule is CC(C)OC(=O)NS(=O)(=O)N(CCCO)C1CCC1. The summed E-state index contributed by atoms with van der Waals surface area (Å²) in [6.45, 7) is 3.39. The Bertz CT molecular complexity index is 392. The van der Waals surface area contributed by atoms with Gasteiger partial charge >= 0.3 is 16.3 Å². The van der Waals surface area contributed by atoms with Gasteiger partial charge in [-0.2, -0.15) is 12.7 Å². The first-order valence-corrected chi connectivity index (χ1v) is 7.92. The first-order chi connectivity index (χ1) is 8.86. The maximum Gasteiger partial charge on any atom is 0.422 e. The van der Waals surface area contributed by atoms with Gasteiger partial charge in [0.05, 0.1) is 6.10 Å². The topological polar surface area (TPSA) is 95.9 Å². The van der Waals surface area contributed by atoms with Gasteiger partial charge in [0.15, 0.2) is 0 Å². The molecule has 0 heterocycles. The molecule has 8 heteroatoms. The molecule has 0 atom stereocenters. The van der Waals surface area contributed by atoms with Gasteiger partial charge in [-0.15, -0.1) is 0 Å². The molecule has 1 aliphatic rings. The number of hydrogen-bond donors (Lipinski definition) is 2. The van der Waals surface area contributed by atoms with Crippen LogP contribution < -0.4 is 4.72 Å². The average Bonchev–Trinajstić information content (AvgIpc) is 2.18. The largest absolute Gasteiger partial charge is 0.446 e. The van der Waals surface area contributed by atoms with Crippen LogP contribution in [0, 0.1) is 0 Å². The third-order valence-electron chi connectivity index (χ3n) is 2.88. The third-order valence-corrected chi connectivity index (χ3v) is 4.41. The van der Waals surface area contributed by atoms with E-state index in [2.05, 4.69) is 0 Å². The molecule has 1 amide bonds. The van der Waals surface area contributed by atoms with Crippen molar-refractivity contribution >= 4 is 16.3 Å². The van der Waals surface area contributed by atoms with Gasteiger partial charge in [-0.3, -0.25) is 0 Å². The Morgan fingerprint density at radius 3 is 2.53 bits per heavy atom. The van der Waals surface area contributed by atoms with Crippen LogP contribution in [0.5, 0.6) is 0 Å². The second kappa shape index (κ2) is 7.06. The van der Waals surface area contributed by atoms with Crippen molar-refractivity contribution in [2.45, 2.75) is 51.7 Å². The Kier molecular flexibility index (Phi) is 6.02. The van der Waals surface area contributed by atoms with E-state index in [-0.39, 0.29) is 25.3 Å². The van der Waals surface area contributed by atoms with E-state index >= 15 is 0 Å². The number of carbonyl (C=O) groups excluding carboxylic acids is 1. The highest BCUT2D eigenvalue weighted by Crippen LogP contribution is 2.26. The van der Waals surface area contributed by atoms with Crippen LogP contribution in [0.25, 0.3) is 0 Å². The van der Waals surface area contributed by atoms with Crippen LogP contribution in [-0.4, -0.2) is 49.2 Å². The Morgan fingerprint density at radius 2 is 2.11 bits per heavy atom. The number of rotatable bonds is 7. The molecule has 1 rings (SSSR count). The summed E-state index contributed by atoms with van der Waals surface area (Å²) in [6, 6.07) is -0.0871. The van der Waals surface area contributed by atoms with Crippen molar-refractivity contribution in [1.29, 1.82) is 0 Å². The van der Waals surface area contributed by atoms with Crippen molar-refractivity contribution < 1.29 is 23.1 Å². The van der Waals surface area contributed by atoms with Crippen molar-refractivity contribution in [2.24, 2.45) is 0 Å². The summed E-state index contributed by atoms with van der Waals surface area (Å²) in [4.78, 5) is 11.4. The Hall–Kier alpha value is -0.860. The van der Waals surface area contributed by atoms with E-state index in [0.29, 0.717) is 6.42 Å². The maximum absolute atomic E-state index is 12.1. The lowest BCUT2D eigenvalue weighted by Crippen LogP contribution is -2.51. The van der Waals surface area contributed by atoms with E-state index in [9.17, 15) is 13.2 Å².